The number of carbonyl (C=O) groups excluding carboxylic acids is 2. The summed E-state index contributed by atoms with van der Waals surface area (Å²) in [5.74, 6) is -1.94. The first-order chi connectivity index (χ1) is 12.0. The van der Waals surface area contributed by atoms with Crippen molar-refractivity contribution >= 4 is 11.8 Å². The van der Waals surface area contributed by atoms with Crippen molar-refractivity contribution in [2.75, 3.05) is 13.2 Å². The number of rotatable bonds is 8. The van der Waals surface area contributed by atoms with Gasteiger partial charge >= 0.3 is 5.97 Å². The number of hydrogen-bond donors (Lipinski definition) is 2. The standard InChI is InChI=1S/C19H18O6/c1-2-16(20)25-12-6-11-24-15-10-9-14(18(22)19(15)23)17(21)13-7-4-3-5-8-13/h2-5,7-10,22-23H,1,6,11-12H2. The van der Waals surface area contributed by atoms with E-state index in [1.807, 2.05) is 0 Å². The molecule has 0 spiro atoms. The normalized spacial score (nSPS) is 10.1. The zero-order valence-electron chi connectivity index (χ0n) is 13.5. The van der Waals surface area contributed by atoms with Crippen LogP contribution in [0, 0.1) is 0 Å². The summed E-state index contributed by atoms with van der Waals surface area (Å²) in [5, 5.41) is 20.1. The molecule has 0 unspecified atom stereocenters. The van der Waals surface area contributed by atoms with E-state index in [1.165, 1.54) is 12.1 Å². The molecule has 0 amide bonds. The van der Waals surface area contributed by atoms with Crippen LogP contribution in [-0.4, -0.2) is 35.2 Å². The summed E-state index contributed by atoms with van der Waals surface area (Å²) in [6, 6.07) is 11.2. The smallest absolute Gasteiger partial charge is 0.330 e. The Morgan fingerprint density at radius 1 is 1.00 bits per heavy atom. The molecule has 0 aliphatic heterocycles. The van der Waals surface area contributed by atoms with Crippen LogP contribution in [0.1, 0.15) is 22.3 Å². The average molecular weight is 342 g/mol. The van der Waals surface area contributed by atoms with E-state index in [0.717, 1.165) is 6.08 Å². The molecule has 2 rings (SSSR count). The first kappa shape index (κ1) is 18.1. The lowest BCUT2D eigenvalue weighted by atomic mass is 10.0. The van der Waals surface area contributed by atoms with Gasteiger partial charge in [-0.2, -0.15) is 0 Å². The van der Waals surface area contributed by atoms with Crippen LogP contribution in [0.4, 0.5) is 0 Å². The molecule has 0 saturated carbocycles. The summed E-state index contributed by atoms with van der Waals surface area (Å²) >= 11 is 0. The highest BCUT2D eigenvalue weighted by molar-refractivity contribution is 6.11. The molecule has 0 saturated heterocycles. The van der Waals surface area contributed by atoms with Crippen molar-refractivity contribution in [3.8, 4) is 17.2 Å². The van der Waals surface area contributed by atoms with Crippen LogP contribution in [0.3, 0.4) is 0 Å². The Morgan fingerprint density at radius 2 is 1.72 bits per heavy atom. The number of esters is 1. The van der Waals surface area contributed by atoms with E-state index in [0.29, 0.717) is 12.0 Å². The van der Waals surface area contributed by atoms with Gasteiger partial charge in [-0.3, -0.25) is 4.79 Å². The zero-order chi connectivity index (χ0) is 18.2. The summed E-state index contributed by atoms with van der Waals surface area (Å²) in [6.45, 7) is 3.58. The Kier molecular flexibility index (Phi) is 6.17. The maximum absolute atomic E-state index is 12.4. The summed E-state index contributed by atoms with van der Waals surface area (Å²) in [6.07, 6.45) is 1.46. The predicted octanol–water partition coefficient (Wildman–Crippen LogP) is 2.83. The van der Waals surface area contributed by atoms with Gasteiger partial charge in [0.05, 0.1) is 18.8 Å². The third-order valence-electron chi connectivity index (χ3n) is 3.35. The second-order valence-corrected chi connectivity index (χ2v) is 5.08. The number of aromatic hydroxyl groups is 2. The van der Waals surface area contributed by atoms with Gasteiger partial charge in [0.2, 0.25) is 5.75 Å². The van der Waals surface area contributed by atoms with Crippen LogP contribution in [0.25, 0.3) is 0 Å². The lowest BCUT2D eigenvalue weighted by Gasteiger charge is -2.11. The van der Waals surface area contributed by atoms with Crippen LogP contribution >= 0.6 is 0 Å². The summed E-state index contributed by atoms with van der Waals surface area (Å²) in [5.41, 5.74) is 0.380. The van der Waals surface area contributed by atoms with Gasteiger partial charge < -0.3 is 19.7 Å². The van der Waals surface area contributed by atoms with E-state index in [4.69, 9.17) is 9.47 Å². The molecule has 0 atom stereocenters. The second-order valence-electron chi connectivity index (χ2n) is 5.08. The van der Waals surface area contributed by atoms with Gasteiger partial charge in [-0.15, -0.1) is 0 Å². The Labute approximate surface area is 144 Å². The number of carbonyl (C=O) groups is 2. The van der Waals surface area contributed by atoms with E-state index in [2.05, 4.69) is 6.58 Å². The Bertz CT molecular complexity index is 767. The number of ether oxygens (including phenoxy) is 2. The lowest BCUT2D eigenvalue weighted by Crippen LogP contribution is -2.07. The molecule has 2 aromatic rings. The van der Waals surface area contributed by atoms with Gasteiger partial charge in [0.25, 0.3) is 0 Å². The number of hydrogen-bond acceptors (Lipinski definition) is 6. The minimum Gasteiger partial charge on any atom is -0.504 e. The molecule has 0 radical (unpaired) electrons. The first-order valence-corrected chi connectivity index (χ1v) is 7.61. The molecule has 6 nitrogen and oxygen atoms in total. The SMILES string of the molecule is C=CC(=O)OCCCOc1ccc(C(=O)c2ccccc2)c(O)c1O. The first-order valence-electron chi connectivity index (χ1n) is 7.61. The molecular formula is C19H18O6. The minimum atomic E-state index is -0.538. The third kappa shape index (κ3) is 4.60. The maximum atomic E-state index is 12.4. The maximum Gasteiger partial charge on any atom is 0.330 e. The van der Waals surface area contributed by atoms with Crippen LogP contribution in [-0.2, 0) is 9.53 Å². The van der Waals surface area contributed by atoms with Gasteiger partial charge in [-0.05, 0) is 12.1 Å². The number of ketones is 1. The quantitative estimate of drug-likeness (QED) is 0.252. The summed E-state index contributed by atoms with van der Waals surface area (Å²) < 4.78 is 10.1. The molecule has 0 heterocycles. The van der Waals surface area contributed by atoms with Gasteiger partial charge in [-0.25, -0.2) is 4.79 Å². The predicted molar refractivity (Wildman–Crippen MR) is 90.9 cm³/mol. The monoisotopic (exact) mass is 342 g/mol. The van der Waals surface area contributed by atoms with Crippen molar-refractivity contribution in [2.45, 2.75) is 6.42 Å². The zero-order valence-corrected chi connectivity index (χ0v) is 13.5. The highest BCUT2D eigenvalue weighted by Crippen LogP contribution is 2.38. The highest BCUT2D eigenvalue weighted by atomic mass is 16.5. The van der Waals surface area contributed by atoms with E-state index in [9.17, 15) is 19.8 Å². The molecule has 0 aliphatic rings. The Morgan fingerprint density at radius 3 is 2.40 bits per heavy atom. The fraction of sp³-hybridized carbons (Fsp3) is 0.158. The second kappa shape index (κ2) is 8.54. The largest absolute Gasteiger partial charge is 0.504 e. The van der Waals surface area contributed by atoms with Gasteiger partial charge in [0, 0.05) is 18.1 Å². The minimum absolute atomic E-state index is 0.0176. The highest BCUT2D eigenvalue weighted by Gasteiger charge is 2.19. The molecule has 2 aromatic carbocycles. The van der Waals surface area contributed by atoms with Crippen LogP contribution < -0.4 is 4.74 Å². The molecule has 0 aromatic heterocycles. The fourth-order valence-electron chi connectivity index (χ4n) is 2.08. The van der Waals surface area contributed by atoms with Crippen molar-refractivity contribution in [1.29, 1.82) is 0 Å². The lowest BCUT2D eigenvalue weighted by molar-refractivity contribution is -0.137. The van der Waals surface area contributed by atoms with Crippen molar-refractivity contribution in [2.24, 2.45) is 0 Å². The Balaban J connectivity index is 2.01. The van der Waals surface area contributed by atoms with Crippen LogP contribution in [0.15, 0.2) is 55.1 Å². The van der Waals surface area contributed by atoms with E-state index >= 15 is 0 Å². The van der Waals surface area contributed by atoms with E-state index < -0.39 is 23.3 Å². The number of phenolic OH excluding ortho intramolecular Hbond substituents is 2. The van der Waals surface area contributed by atoms with Crippen molar-refractivity contribution in [3.63, 3.8) is 0 Å². The number of benzene rings is 2. The van der Waals surface area contributed by atoms with Crippen LogP contribution in [0.5, 0.6) is 17.2 Å². The molecule has 25 heavy (non-hydrogen) atoms. The molecule has 6 heteroatoms. The fourth-order valence-corrected chi connectivity index (χ4v) is 2.08. The summed E-state index contributed by atoms with van der Waals surface area (Å²) in [7, 11) is 0. The van der Waals surface area contributed by atoms with Gasteiger partial charge in [-0.1, -0.05) is 36.9 Å². The number of phenols is 2. The molecule has 2 N–H and O–H groups in total. The molecule has 0 fully saturated rings. The van der Waals surface area contributed by atoms with Gasteiger partial charge in [0.15, 0.2) is 17.3 Å². The van der Waals surface area contributed by atoms with Crippen molar-refractivity contribution < 1.29 is 29.3 Å². The van der Waals surface area contributed by atoms with E-state index in [1.54, 1.807) is 30.3 Å². The van der Waals surface area contributed by atoms with Crippen molar-refractivity contribution in [3.05, 3.63) is 66.2 Å². The topological polar surface area (TPSA) is 93.1 Å². The molecule has 0 bridgehead atoms. The van der Waals surface area contributed by atoms with Gasteiger partial charge in [0.1, 0.15) is 0 Å². The van der Waals surface area contributed by atoms with E-state index in [-0.39, 0.29) is 24.5 Å². The third-order valence-corrected chi connectivity index (χ3v) is 3.35. The Hall–Kier alpha value is -3.28. The molecule has 0 aliphatic carbocycles. The summed E-state index contributed by atoms with van der Waals surface area (Å²) in [4.78, 5) is 23.2. The molecular weight excluding hydrogens is 324 g/mol. The average Bonchev–Trinajstić information content (AvgIpc) is 2.64. The van der Waals surface area contributed by atoms with Crippen molar-refractivity contribution in [1.82, 2.24) is 0 Å². The molecule has 130 valence electrons. The van der Waals surface area contributed by atoms with Crippen LogP contribution in [0.2, 0.25) is 0 Å².